The molecule has 1 spiro atoms. The fourth-order valence-electron chi connectivity index (χ4n) is 6.90. The maximum Gasteiger partial charge on any atom is 0.225 e. The minimum absolute atomic E-state index is 0.232. The van der Waals surface area contributed by atoms with E-state index < -0.39 is 24.1 Å². The van der Waals surface area contributed by atoms with Gasteiger partial charge in [0.25, 0.3) is 0 Å². The summed E-state index contributed by atoms with van der Waals surface area (Å²) >= 11 is 0. The van der Waals surface area contributed by atoms with Crippen LogP contribution in [-0.4, -0.2) is 70.2 Å². The van der Waals surface area contributed by atoms with Crippen LogP contribution >= 0.6 is 0 Å². The average Bonchev–Trinajstić information content (AvgIpc) is 3.43. The predicted molar refractivity (Wildman–Crippen MR) is 187 cm³/mol. The lowest BCUT2D eigenvalue weighted by molar-refractivity contribution is -0.389. The maximum absolute atomic E-state index is 7.28. The molecule has 5 rings (SSSR count). The summed E-state index contributed by atoms with van der Waals surface area (Å²) in [6.45, 7) is 17.1. The maximum atomic E-state index is 7.28. The molecule has 0 N–H and O–H groups in total. The number of ether oxygens (including phenoxy) is 8. The van der Waals surface area contributed by atoms with Crippen LogP contribution in [0, 0.1) is 6.92 Å². The van der Waals surface area contributed by atoms with Gasteiger partial charge >= 0.3 is 0 Å². The van der Waals surface area contributed by atoms with E-state index >= 15 is 0 Å². The first kappa shape index (κ1) is 37.1. The molecule has 1 saturated heterocycles. The van der Waals surface area contributed by atoms with Crippen molar-refractivity contribution < 1.29 is 37.9 Å². The van der Waals surface area contributed by atoms with Crippen molar-refractivity contribution in [1.82, 2.24) is 0 Å². The molecule has 48 heavy (non-hydrogen) atoms. The van der Waals surface area contributed by atoms with Gasteiger partial charge in [-0.25, -0.2) is 0 Å². The topological polar surface area (TPSA) is 73.8 Å². The van der Waals surface area contributed by atoms with Crippen LogP contribution in [0.2, 0.25) is 0 Å². The Morgan fingerprint density at radius 1 is 0.771 bits per heavy atom. The Labute approximate surface area is 289 Å². The van der Waals surface area contributed by atoms with E-state index in [1.165, 1.54) is 11.1 Å². The number of hydrogen-bond acceptors (Lipinski definition) is 8. The van der Waals surface area contributed by atoms with Crippen molar-refractivity contribution in [2.24, 2.45) is 0 Å². The summed E-state index contributed by atoms with van der Waals surface area (Å²) in [5.74, 6) is 0.447. The van der Waals surface area contributed by atoms with Gasteiger partial charge in [-0.3, -0.25) is 0 Å². The summed E-state index contributed by atoms with van der Waals surface area (Å²) in [7, 11) is 0. The molecule has 268 valence electrons. The van der Waals surface area contributed by atoms with Crippen LogP contribution in [0.25, 0.3) is 0 Å². The van der Waals surface area contributed by atoms with Crippen molar-refractivity contribution in [1.29, 1.82) is 0 Å². The van der Waals surface area contributed by atoms with Crippen LogP contribution in [0.5, 0.6) is 11.5 Å². The zero-order chi connectivity index (χ0) is 33.9. The highest BCUT2D eigenvalue weighted by Gasteiger charge is 2.62. The molecule has 0 saturated carbocycles. The zero-order valence-electron chi connectivity index (χ0n) is 30.4. The van der Waals surface area contributed by atoms with Gasteiger partial charge in [-0.15, -0.1) is 0 Å². The molecule has 0 bridgehead atoms. The Morgan fingerprint density at radius 2 is 1.42 bits per heavy atom. The van der Waals surface area contributed by atoms with Crippen LogP contribution < -0.4 is 9.47 Å². The number of fused-ring (bicyclic) bond motifs is 3. The van der Waals surface area contributed by atoms with Gasteiger partial charge in [0.2, 0.25) is 5.79 Å². The lowest BCUT2D eigenvalue weighted by atomic mass is 9.83. The van der Waals surface area contributed by atoms with E-state index in [0.29, 0.717) is 46.2 Å². The Hall–Kier alpha value is -2.20. The summed E-state index contributed by atoms with van der Waals surface area (Å²) in [5, 5.41) is 0. The van der Waals surface area contributed by atoms with Crippen LogP contribution in [-0.2, 0) is 47.2 Å². The zero-order valence-corrected chi connectivity index (χ0v) is 30.4. The first-order valence-corrected chi connectivity index (χ1v) is 18.7. The molecule has 0 radical (unpaired) electrons. The van der Waals surface area contributed by atoms with Crippen molar-refractivity contribution >= 4 is 0 Å². The van der Waals surface area contributed by atoms with E-state index in [9.17, 15) is 0 Å². The van der Waals surface area contributed by atoms with Gasteiger partial charge in [0.1, 0.15) is 37.6 Å². The standard InChI is InChI=1S/C40H60O8/c1-7-11-17-41-29(6)36-37(44-18-12-8-2)38(45-19-13-9-3)39(46-20-14-10-4)40(48-36)33-26-31(28(5)23-32(33)27-47-40)24-30-15-16-34-35(25-30)43-22-21-42-34/h15-16,23,25-26,29,36-39H,7-14,17-22,24,27H2,1-6H3/t29-,36-,37-,38+,39-,40+/m1/s1. The predicted octanol–water partition coefficient (Wildman–Crippen LogP) is 8.20. The Balaban J connectivity index is 1.56. The highest BCUT2D eigenvalue weighted by molar-refractivity contribution is 5.48. The molecule has 3 aliphatic rings. The van der Waals surface area contributed by atoms with Crippen molar-refractivity contribution in [3.8, 4) is 11.5 Å². The molecule has 3 heterocycles. The van der Waals surface area contributed by atoms with Gasteiger partial charge < -0.3 is 37.9 Å². The van der Waals surface area contributed by atoms with Crippen LogP contribution in [0.1, 0.15) is 114 Å². The Morgan fingerprint density at radius 3 is 2.12 bits per heavy atom. The summed E-state index contributed by atoms with van der Waals surface area (Å²) in [6, 6.07) is 10.8. The molecule has 0 amide bonds. The van der Waals surface area contributed by atoms with E-state index in [2.05, 4.69) is 65.8 Å². The van der Waals surface area contributed by atoms with Crippen LogP contribution in [0.15, 0.2) is 30.3 Å². The minimum atomic E-state index is -1.16. The van der Waals surface area contributed by atoms with E-state index in [4.69, 9.17) is 37.9 Å². The van der Waals surface area contributed by atoms with Crippen molar-refractivity contribution in [2.75, 3.05) is 39.6 Å². The van der Waals surface area contributed by atoms with Gasteiger partial charge in [-0.05, 0) is 86.4 Å². The molecule has 2 aromatic carbocycles. The second kappa shape index (κ2) is 18.2. The van der Waals surface area contributed by atoms with E-state index in [1.54, 1.807) is 0 Å². The largest absolute Gasteiger partial charge is 0.486 e. The average molecular weight is 669 g/mol. The fraction of sp³-hybridized carbons (Fsp3) is 0.700. The molecule has 2 aromatic rings. The van der Waals surface area contributed by atoms with Gasteiger partial charge in [-0.2, -0.15) is 0 Å². The smallest absolute Gasteiger partial charge is 0.225 e. The Kier molecular flexibility index (Phi) is 14.0. The number of unbranched alkanes of at least 4 members (excludes halogenated alkanes) is 4. The summed E-state index contributed by atoms with van der Waals surface area (Å²) < 4.78 is 52.7. The second-order valence-corrected chi connectivity index (χ2v) is 13.6. The van der Waals surface area contributed by atoms with E-state index in [1.807, 2.05) is 6.07 Å². The molecule has 0 aromatic heterocycles. The normalized spacial score (nSPS) is 25.4. The molecule has 0 aliphatic carbocycles. The molecule has 0 unspecified atom stereocenters. The van der Waals surface area contributed by atoms with Crippen LogP contribution in [0.4, 0.5) is 0 Å². The molecule has 8 nitrogen and oxygen atoms in total. The minimum Gasteiger partial charge on any atom is -0.486 e. The van der Waals surface area contributed by atoms with Crippen LogP contribution in [0.3, 0.4) is 0 Å². The first-order chi connectivity index (χ1) is 23.4. The van der Waals surface area contributed by atoms with E-state index in [0.717, 1.165) is 86.0 Å². The van der Waals surface area contributed by atoms with Gasteiger partial charge in [0, 0.05) is 32.0 Å². The summed E-state index contributed by atoms with van der Waals surface area (Å²) in [4.78, 5) is 0. The molecular weight excluding hydrogens is 608 g/mol. The third-order valence-electron chi connectivity index (χ3n) is 9.77. The van der Waals surface area contributed by atoms with Crippen molar-refractivity contribution in [3.63, 3.8) is 0 Å². The third kappa shape index (κ3) is 8.56. The summed E-state index contributed by atoms with van der Waals surface area (Å²) in [6.07, 6.45) is 6.85. The molecule has 1 fully saturated rings. The van der Waals surface area contributed by atoms with E-state index in [-0.39, 0.29) is 12.2 Å². The lowest BCUT2D eigenvalue weighted by Gasteiger charge is -2.52. The number of benzene rings is 2. The van der Waals surface area contributed by atoms with Crippen molar-refractivity contribution in [3.05, 3.63) is 58.1 Å². The first-order valence-electron chi connectivity index (χ1n) is 18.7. The molecule has 6 atom stereocenters. The fourth-order valence-corrected chi connectivity index (χ4v) is 6.90. The summed E-state index contributed by atoms with van der Waals surface area (Å²) in [5.41, 5.74) is 5.73. The van der Waals surface area contributed by atoms with Gasteiger partial charge in [0.05, 0.1) is 12.7 Å². The second-order valence-electron chi connectivity index (χ2n) is 13.6. The van der Waals surface area contributed by atoms with Crippen molar-refractivity contribution in [2.45, 2.75) is 142 Å². The third-order valence-corrected chi connectivity index (χ3v) is 9.77. The number of hydrogen-bond donors (Lipinski definition) is 0. The monoisotopic (exact) mass is 668 g/mol. The Bertz CT molecular complexity index is 1280. The highest BCUT2D eigenvalue weighted by Crippen LogP contribution is 2.50. The molecule has 8 heteroatoms. The number of aryl methyl sites for hydroxylation is 1. The molecular formula is C40H60O8. The molecule has 3 aliphatic heterocycles. The lowest BCUT2D eigenvalue weighted by Crippen LogP contribution is -2.67. The highest BCUT2D eigenvalue weighted by atomic mass is 16.7. The van der Waals surface area contributed by atoms with Gasteiger partial charge in [-0.1, -0.05) is 65.5 Å². The SMILES string of the molecule is CCCCO[C@H]1[C@H](OCCCC)[C@@H](OCCCC)[C@@]2(OCc3cc(C)c(Cc4ccc5c(c4)OCCO5)cc32)O[C@@H]1[C@@H](C)OCCCC. The quantitative estimate of drug-likeness (QED) is 0.139. The van der Waals surface area contributed by atoms with Gasteiger partial charge in [0.15, 0.2) is 11.5 Å². The number of rotatable bonds is 19.